The van der Waals surface area contributed by atoms with Gasteiger partial charge in [-0.2, -0.15) is 0 Å². The van der Waals surface area contributed by atoms with E-state index in [1.807, 2.05) is 12.1 Å². The van der Waals surface area contributed by atoms with Gasteiger partial charge in [0.1, 0.15) is 0 Å². The first-order valence-electron chi connectivity index (χ1n) is 2.77. The van der Waals surface area contributed by atoms with Crippen LogP contribution in [0.2, 0.25) is 0 Å². The van der Waals surface area contributed by atoms with Crippen molar-refractivity contribution in [1.29, 1.82) is 0 Å². The van der Waals surface area contributed by atoms with Gasteiger partial charge in [0.25, 0.3) is 0 Å². The van der Waals surface area contributed by atoms with Crippen LogP contribution in [0.15, 0.2) is 24.5 Å². The minimum atomic E-state index is 0.450. The van der Waals surface area contributed by atoms with Crippen LogP contribution in [0.5, 0.6) is 0 Å². The molecule has 1 aromatic rings. The number of rotatable bonds is 2. The average molecular weight is 123 g/mol. The number of anilines is 1. The molecule has 3 heteroatoms. The summed E-state index contributed by atoms with van der Waals surface area (Å²) < 4.78 is 0. The summed E-state index contributed by atoms with van der Waals surface area (Å²) in [6.45, 7) is 0.450. The molecule has 0 aliphatic carbocycles. The molecule has 9 heavy (non-hydrogen) atoms. The Labute approximate surface area is 53.9 Å². The smallest absolute Gasteiger partial charge is 0.0628 e. The zero-order valence-corrected chi connectivity index (χ0v) is 5.04. The van der Waals surface area contributed by atoms with Crippen molar-refractivity contribution in [3.8, 4) is 0 Å². The maximum atomic E-state index is 5.22. The summed E-state index contributed by atoms with van der Waals surface area (Å²) in [4.78, 5) is 3.89. The number of pyridine rings is 1. The Balaban J connectivity index is 2.61. The lowest BCUT2D eigenvalue weighted by molar-refractivity contribution is 1.13. The Hall–Kier alpha value is -1.09. The van der Waals surface area contributed by atoms with Crippen molar-refractivity contribution in [2.75, 3.05) is 12.0 Å². The number of hydrogen-bond donors (Lipinski definition) is 2. The summed E-state index contributed by atoms with van der Waals surface area (Å²) in [7, 11) is 0. The minimum Gasteiger partial charge on any atom is -0.371 e. The highest BCUT2D eigenvalue weighted by Crippen LogP contribution is 1.99. The molecule has 0 saturated carbocycles. The van der Waals surface area contributed by atoms with E-state index in [1.54, 1.807) is 12.4 Å². The molecule has 0 spiro atoms. The molecule has 0 fully saturated rings. The molecule has 48 valence electrons. The number of nitrogens with two attached hydrogens (primary N) is 1. The lowest BCUT2D eigenvalue weighted by Crippen LogP contribution is -2.10. The number of nitrogens with zero attached hydrogens (tertiary/aromatic N) is 1. The van der Waals surface area contributed by atoms with Gasteiger partial charge in [0.05, 0.1) is 12.4 Å². The SMILES string of the molecule is NCNc1cccnc1. The lowest BCUT2D eigenvalue weighted by atomic mass is 10.4. The summed E-state index contributed by atoms with van der Waals surface area (Å²) >= 11 is 0. The van der Waals surface area contributed by atoms with Crippen LogP contribution in [0, 0.1) is 0 Å². The zero-order chi connectivity index (χ0) is 6.53. The summed E-state index contributed by atoms with van der Waals surface area (Å²) in [6, 6.07) is 3.78. The summed E-state index contributed by atoms with van der Waals surface area (Å²) in [5, 5.41) is 2.92. The summed E-state index contributed by atoms with van der Waals surface area (Å²) in [6.07, 6.45) is 3.45. The molecule has 1 aromatic heterocycles. The molecule has 0 aromatic carbocycles. The molecule has 1 heterocycles. The molecule has 0 unspecified atom stereocenters. The summed E-state index contributed by atoms with van der Waals surface area (Å²) in [5.41, 5.74) is 6.18. The first kappa shape index (κ1) is 6.04. The fraction of sp³-hybridized carbons (Fsp3) is 0.167. The number of nitrogens with one attached hydrogen (secondary N) is 1. The van der Waals surface area contributed by atoms with Crippen molar-refractivity contribution in [1.82, 2.24) is 4.98 Å². The van der Waals surface area contributed by atoms with Crippen LogP contribution >= 0.6 is 0 Å². The average Bonchev–Trinajstić information content (AvgIpc) is 1.91. The molecular weight excluding hydrogens is 114 g/mol. The van der Waals surface area contributed by atoms with Crippen LogP contribution in [0.25, 0.3) is 0 Å². The van der Waals surface area contributed by atoms with Gasteiger partial charge in [-0.15, -0.1) is 0 Å². The van der Waals surface area contributed by atoms with E-state index in [9.17, 15) is 0 Å². The van der Waals surface area contributed by atoms with Gasteiger partial charge in [0, 0.05) is 12.4 Å². The Morgan fingerprint density at radius 1 is 1.67 bits per heavy atom. The summed E-state index contributed by atoms with van der Waals surface area (Å²) in [5.74, 6) is 0. The maximum Gasteiger partial charge on any atom is 0.0628 e. The van der Waals surface area contributed by atoms with Gasteiger partial charge in [-0.25, -0.2) is 0 Å². The monoisotopic (exact) mass is 123 g/mol. The Morgan fingerprint density at radius 3 is 3.11 bits per heavy atom. The van der Waals surface area contributed by atoms with Crippen LogP contribution in [-0.2, 0) is 0 Å². The van der Waals surface area contributed by atoms with Crippen LogP contribution < -0.4 is 11.1 Å². The molecule has 1 rings (SSSR count). The van der Waals surface area contributed by atoms with Gasteiger partial charge >= 0.3 is 0 Å². The second-order valence-electron chi connectivity index (χ2n) is 1.62. The van der Waals surface area contributed by atoms with E-state index in [0.717, 1.165) is 5.69 Å². The second kappa shape index (κ2) is 3.04. The Morgan fingerprint density at radius 2 is 2.56 bits per heavy atom. The minimum absolute atomic E-state index is 0.450. The zero-order valence-electron chi connectivity index (χ0n) is 5.04. The van der Waals surface area contributed by atoms with E-state index < -0.39 is 0 Å². The van der Waals surface area contributed by atoms with E-state index in [4.69, 9.17) is 5.73 Å². The number of hydrogen-bond acceptors (Lipinski definition) is 3. The van der Waals surface area contributed by atoms with E-state index in [-0.39, 0.29) is 0 Å². The molecule has 0 aliphatic heterocycles. The molecule has 0 aliphatic rings. The van der Waals surface area contributed by atoms with Crippen molar-refractivity contribution in [2.45, 2.75) is 0 Å². The highest BCUT2D eigenvalue weighted by molar-refractivity contribution is 5.39. The quantitative estimate of drug-likeness (QED) is 0.560. The highest BCUT2D eigenvalue weighted by Gasteiger charge is 1.82. The second-order valence-corrected chi connectivity index (χ2v) is 1.62. The van der Waals surface area contributed by atoms with Gasteiger partial charge in [0.2, 0.25) is 0 Å². The molecule has 0 saturated heterocycles. The predicted molar refractivity (Wildman–Crippen MR) is 36.9 cm³/mol. The van der Waals surface area contributed by atoms with E-state index in [2.05, 4.69) is 10.3 Å². The molecule has 0 radical (unpaired) electrons. The molecule has 0 bridgehead atoms. The van der Waals surface area contributed by atoms with E-state index in [0.29, 0.717) is 6.67 Å². The van der Waals surface area contributed by atoms with Crippen LogP contribution in [-0.4, -0.2) is 11.7 Å². The van der Waals surface area contributed by atoms with Crippen molar-refractivity contribution >= 4 is 5.69 Å². The molecule has 3 nitrogen and oxygen atoms in total. The predicted octanol–water partition coefficient (Wildman–Crippen LogP) is 0.410. The van der Waals surface area contributed by atoms with Crippen LogP contribution in [0.4, 0.5) is 5.69 Å². The van der Waals surface area contributed by atoms with Gasteiger partial charge in [-0.1, -0.05) is 0 Å². The van der Waals surface area contributed by atoms with Crippen LogP contribution in [0.1, 0.15) is 0 Å². The third-order valence-electron chi connectivity index (χ3n) is 0.968. The fourth-order valence-electron chi connectivity index (χ4n) is 0.585. The molecule has 0 atom stereocenters. The first-order chi connectivity index (χ1) is 4.43. The largest absolute Gasteiger partial charge is 0.371 e. The number of aromatic nitrogens is 1. The third kappa shape index (κ3) is 1.70. The highest BCUT2D eigenvalue weighted by atomic mass is 15.0. The lowest BCUT2D eigenvalue weighted by Gasteiger charge is -1.98. The Bertz CT molecular complexity index is 161. The van der Waals surface area contributed by atoms with Crippen molar-refractivity contribution < 1.29 is 0 Å². The van der Waals surface area contributed by atoms with Crippen molar-refractivity contribution in [3.05, 3.63) is 24.5 Å². The third-order valence-corrected chi connectivity index (χ3v) is 0.968. The normalized spacial score (nSPS) is 9.00. The first-order valence-corrected chi connectivity index (χ1v) is 2.77. The maximum absolute atomic E-state index is 5.22. The van der Waals surface area contributed by atoms with E-state index >= 15 is 0 Å². The van der Waals surface area contributed by atoms with Gasteiger partial charge in [-0.05, 0) is 12.1 Å². The van der Waals surface area contributed by atoms with Gasteiger partial charge in [0.15, 0.2) is 0 Å². The van der Waals surface area contributed by atoms with E-state index in [1.165, 1.54) is 0 Å². The van der Waals surface area contributed by atoms with Gasteiger partial charge < -0.3 is 11.1 Å². The topological polar surface area (TPSA) is 50.9 Å². The molecule has 3 N–H and O–H groups in total. The fourth-order valence-corrected chi connectivity index (χ4v) is 0.585. The Kier molecular flexibility index (Phi) is 2.04. The van der Waals surface area contributed by atoms with Crippen molar-refractivity contribution in [3.63, 3.8) is 0 Å². The van der Waals surface area contributed by atoms with Gasteiger partial charge in [-0.3, -0.25) is 4.98 Å². The molecular formula is C6H9N3. The standard InChI is InChI=1S/C6H9N3/c7-5-9-6-2-1-3-8-4-6/h1-4,9H,5,7H2. The van der Waals surface area contributed by atoms with Crippen molar-refractivity contribution in [2.24, 2.45) is 5.73 Å². The van der Waals surface area contributed by atoms with Crippen LogP contribution in [0.3, 0.4) is 0 Å². The molecule has 0 amide bonds.